The molecule has 1 aromatic carbocycles. The maximum Gasteiger partial charge on any atom is 0.239 e. The van der Waals surface area contributed by atoms with Gasteiger partial charge in [0, 0.05) is 26.2 Å². The highest BCUT2D eigenvalue weighted by Crippen LogP contribution is 2.20. The number of aromatic amines is 1. The number of likely N-dealkylation sites (tertiary alicyclic amines) is 1. The fourth-order valence-corrected chi connectivity index (χ4v) is 3.13. The second-order valence-electron chi connectivity index (χ2n) is 5.99. The smallest absolute Gasteiger partial charge is 0.239 e. The van der Waals surface area contributed by atoms with Crippen LogP contribution in [0.1, 0.15) is 12.8 Å². The van der Waals surface area contributed by atoms with Gasteiger partial charge in [-0.2, -0.15) is 4.98 Å². The van der Waals surface area contributed by atoms with Gasteiger partial charge < -0.3 is 4.90 Å². The number of benzene rings is 1. The minimum absolute atomic E-state index is 0.0737. The van der Waals surface area contributed by atoms with E-state index in [0.29, 0.717) is 11.4 Å². The molecule has 2 heterocycles. The molecule has 1 aliphatic heterocycles. The Bertz CT molecular complexity index is 736. The molecule has 122 valence electrons. The molecule has 6 nitrogen and oxygen atoms in total. The molecule has 3 rings (SSSR count). The van der Waals surface area contributed by atoms with E-state index >= 15 is 0 Å². The second kappa shape index (κ2) is 6.64. The number of amides is 1. The zero-order chi connectivity index (χ0) is 16.4. The monoisotopic (exact) mass is 331 g/mol. The first-order chi connectivity index (χ1) is 11.1. The van der Waals surface area contributed by atoms with E-state index in [4.69, 9.17) is 12.2 Å². The van der Waals surface area contributed by atoms with Gasteiger partial charge in [0.25, 0.3) is 0 Å². The van der Waals surface area contributed by atoms with E-state index in [-0.39, 0.29) is 11.9 Å². The highest BCUT2D eigenvalue weighted by Gasteiger charge is 2.32. The fourth-order valence-electron chi connectivity index (χ4n) is 2.93. The molecule has 1 atom stereocenters. The van der Waals surface area contributed by atoms with E-state index in [0.717, 1.165) is 30.8 Å². The van der Waals surface area contributed by atoms with Crippen LogP contribution in [0.25, 0.3) is 11.4 Å². The summed E-state index contributed by atoms with van der Waals surface area (Å²) in [5, 5.41) is 3.25. The predicted molar refractivity (Wildman–Crippen MR) is 91.3 cm³/mol. The zero-order valence-corrected chi connectivity index (χ0v) is 14.2. The van der Waals surface area contributed by atoms with E-state index in [1.807, 2.05) is 35.0 Å². The SMILES string of the molecule is CN(C)C(=O)[C@H]1CCCN1Cn1[nH]c(-c2ccccc2)nc1=S. The van der Waals surface area contributed by atoms with Gasteiger partial charge in [-0.3, -0.25) is 14.8 Å². The Morgan fingerprint density at radius 1 is 1.39 bits per heavy atom. The number of rotatable bonds is 4. The molecule has 23 heavy (non-hydrogen) atoms. The number of hydrogen-bond acceptors (Lipinski definition) is 4. The topological polar surface area (TPSA) is 57.2 Å². The normalized spacial score (nSPS) is 18.3. The van der Waals surface area contributed by atoms with Crippen LogP contribution in [0.4, 0.5) is 0 Å². The summed E-state index contributed by atoms with van der Waals surface area (Å²) in [6, 6.07) is 9.82. The molecule has 0 aliphatic carbocycles. The molecule has 0 bridgehead atoms. The Labute approximate surface area is 140 Å². The van der Waals surface area contributed by atoms with Gasteiger partial charge in [0.1, 0.15) is 0 Å². The van der Waals surface area contributed by atoms with Crippen molar-refractivity contribution in [3.8, 4) is 11.4 Å². The van der Waals surface area contributed by atoms with Crippen LogP contribution in [0.15, 0.2) is 30.3 Å². The van der Waals surface area contributed by atoms with Crippen molar-refractivity contribution in [2.75, 3.05) is 20.6 Å². The molecule has 1 fully saturated rings. The molecule has 1 aromatic heterocycles. The summed E-state index contributed by atoms with van der Waals surface area (Å²) in [6.07, 6.45) is 1.92. The molecule has 1 saturated heterocycles. The highest BCUT2D eigenvalue weighted by atomic mass is 32.1. The average molecular weight is 331 g/mol. The molecular formula is C16H21N5OS. The van der Waals surface area contributed by atoms with Crippen molar-refractivity contribution in [2.45, 2.75) is 25.6 Å². The third-order valence-electron chi connectivity index (χ3n) is 4.14. The number of aromatic nitrogens is 3. The van der Waals surface area contributed by atoms with Gasteiger partial charge in [-0.1, -0.05) is 30.3 Å². The Hall–Kier alpha value is -1.99. The predicted octanol–water partition coefficient (Wildman–Crippen LogP) is 2.12. The molecule has 0 unspecified atom stereocenters. The van der Waals surface area contributed by atoms with Gasteiger partial charge in [0.2, 0.25) is 10.7 Å². The number of hydrogen-bond donors (Lipinski definition) is 1. The van der Waals surface area contributed by atoms with E-state index in [2.05, 4.69) is 15.0 Å². The van der Waals surface area contributed by atoms with Crippen LogP contribution in [-0.2, 0) is 11.5 Å². The summed E-state index contributed by atoms with van der Waals surface area (Å²) < 4.78 is 2.34. The van der Waals surface area contributed by atoms with E-state index in [1.54, 1.807) is 19.0 Å². The summed E-state index contributed by atoms with van der Waals surface area (Å²) in [5.41, 5.74) is 1.000. The molecule has 0 radical (unpaired) electrons. The van der Waals surface area contributed by atoms with E-state index in [9.17, 15) is 4.79 Å². The Balaban J connectivity index is 1.79. The van der Waals surface area contributed by atoms with E-state index < -0.39 is 0 Å². The average Bonchev–Trinajstić information content (AvgIpc) is 3.15. The minimum Gasteiger partial charge on any atom is -0.347 e. The number of carbonyl (C=O) groups is 1. The van der Waals surface area contributed by atoms with Gasteiger partial charge in [0.15, 0.2) is 5.82 Å². The van der Waals surface area contributed by atoms with Crippen molar-refractivity contribution >= 4 is 18.1 Å². The standard InChI is InChI=1S/C16H21N5OS/c1-19(2)15(22)13-9-6-10-20(13)11-21-16(23)17-14(18-21)12-7-4-3-5-8-12/h3-5,7-8,13H,6,9-11H2,1-2H3,(H,17,18,23)/t13-/m1/s1. The third kappa shape index (κ3) is 3.35. The van der Waals surface area contributed by atoms with Crippen LogP contribution in [0.5, 0.6) is 0 Å². The second-order valence-corrected chi connectivity index (χ2v) is 6.36. The largest absolute Gasteiger partial charge is 0.347 e. The summed E-state index contributed by atoms with van der Waals surface area (Å²) in [7, 11) is 3.60. The van der Waals surface area contributed by atoms with E-state index in [1.165, 1.54) is 0 Å². The molecule has 1 N–H and O–H groups in total. The Morgan fingerprint density at radius 3 is 2.83 bits per heavy atom. The van der Waals surface area contributed by atoms with Crippen LogP contribution < -0.4 is 0 Å². The molecule has 2 aromatic rings. The molecule has 1 aliphatic rings. The molecule has 0 spiro atoms. The third-order valence-corrected chi connectivity index (χ3v) is 4.45. The van der Waals surface area contributed by atoms with Crippen molar-refractivity contribution in [3.05, 3.63) is 35.1 Å². The number of nitrogens with one attached hydrogen (secondary N) is 1. The van der Waals surface area contributed by atoms with Crippen LogP contribution in [-0.4, -0.2) is 57.2 Å². The number of nitrogens with zero attached hydrogens (tertiary/aromatic N) is 4. The van der Waals surface area contributed by atoms with Crippen molar-refractivity contribution in [1.82, 2.24) is 24.6 Å². The molecule has 0 saturated carbocycles. The van der Waals surface area contributed by atoms with Gasteiger partial charge in [-0.05, 0) is 25.1 Å². The fraction of sp³-hybridized carbons (Fsp3) is 0.438. The van der Waals surface area contributed by atoms with Gasteiger partial charge in [-0.15, -0.1) is 0 Å². The highest BCUT2D eigenvalue weighted by molar-refractivity contribution is 7.71. The summed E-state index contributed by atoms with van der Waals surface area (Å²) in [6.45, 7) is 1.45. The summed E-state index contributed by atoms with van der Waals surface area (Å²) in [4.78, 5) is 20.5. The number of likely N-dealkylation sites (N-methyl/N-ethyl adjacent to an activating group) is 1. The summed E-state index contributed by atoms with van der Waals surface area (Å²) in [5.74, 6) is 0.905. The lowest BCUT2D eigenvalue weighted by molar-refractivity contribution is -0.134. The van der Waals surface area contributed by atoms with Gasteiger partial charge >= 0.3 is 0 Å². The van der Waals surface area contributed by atoms with Gasteiger partial charge in [-0.25, -0.2) is 4.68 Å². The number of carbonyl (C=O) groups excluding carboxylic acids is 1. The maximum atomic E-state index is 12.3. The lowest BCUT2D eigenvalue weighted by Gasteiger charge is -2.25. The maximum absolute atomic E-state index is 12.3. The Morgan fingerprint density at radius 2 is 2.13 bits per heavy atom. The summed E-state index contributed by atoms with van der Waals surface area (Å²) >= 11 is 5.36. The lowest BCUT2D eigenvalue weighted by Crippen LogP contribution is -2.43. The van der Waals surface area contributed by atoms with Crippen LogP contribution in [0, 0.1) is 4.77 Å². The first kappa shape index (κ1) is 15.9. The molecular weight excluding hydrogens is 310 g/mol. The van der Waals surface area contributed by atoms with Gasteiger partial charge in [0.05, 0.1) is 12.7 Å². The first-order valence-corrected chi connectivity index (χ1v) is 8.14. The minimum atomic E-state index is -0.0737. The van der Waals surface area contributed by atoms with Crippen molar-refractivity contribution in [3.63, 3.8) is 0 Å². The van der Waals surface area contributed by atoms with Crippen molar-refractivity contribution in [1.29, 1.82) is 0 Å². The van der Waals surface area contributed by atoms with Crippen molar-refractivity contribution < 1.29 is 4.79 Å². The number of H-pyrrole nitrogens is 1. The van der Waals surface area contributed by atoms with Crippen LogP contribution in [0.3, 0.4) is 0 Å². The van der Waals surface area contributed by atoms with Crippen molar-refractivity contribution in [2.24, 2.45) is 0 Å². The quantitative estimate of drug-likeness (QED) is 0.872. The molecule has 7 heteroatoms. The zero-order valence-electron chi connectivity index (χ0n) is 13.4. The molecule has 1 amide bonds. The van der Waals surface area contributed by atoms with Crippen LogP contribution >= 0.6 is 12.2 Å². The van der Waals surface area contributed by atoms with Crippen LogP contribution in [0.2, 0.25) is 0 Å². The Kier molecular flexibility index (Phi) is 4.58. The lowest BCUT2D eigenvalue weighted by atomic mass is 10.2. The first-order valence-electron chi connectivity index (χ1n) is 7.74.